The largest absolute Gasteiger partial charge is 0.299 e. The van der Waals surface area contributed by atoms with Gasteiger partial charge < -0.3 is 0 Å². The Morgan fingerprint density at radius 2 is 1.77 bits per heavy atom. The van der Waals surface area contributed by atoms with Crippen LogP contribution in [0.15, 0.2) is 66.9 Å². The number of aromatic nitrogens is 1. The van der Waals surface area contributed by atoms with Gasteiger partial charge in [-0.1, -0.05) is 49.4 Å². The fourth-order valence-corrected chi connectivity index (χ4v) is 3.17. The third-order valence-corrected chi connectivity index (χ3v) is 4.56. The van der Waals surface area contributed by atoms with Crippen molar-refractivity contribution in [1.82, 2.24) is 4.98 Å². The predicted molar refractivity (Wildman–Crippen MR) is 103 cm³/mol. The molecule has 0 saturated carbocycles. The van der Waals surface area contributed by atoms with Crippen molar-refractivity contribution in [1.29, 1.82) is 0 Å². The summed E-state index contributed by atoms with van der Waals surface area (Å²) in [5.74, 6) is -0.249. The van der Waals surface area contributed by atoms with Crippen LogP contribution in [0.4, 0.5) is 4.39 Å². The van der Waals surface area contributed by atoms with Crippen LogP contribution in [0.5, 0.6) is 0 Å². The monoisotopic (exact) mass is 347 g/mol. The van der Waals surface area contributed by atoms with E-state index in [9.17, 15) is 9.18 Å². The van der Waals surface area contributed by atoms with E-state index in [4.69, 9.17) is 0 Å². The zero-order chi connectivity index (χ0) is 18.5. The Bertz CT molecular complexity index is 902. The fraction of sp³-hybridized carbons (Fsp3) is 0.217. The maximum absolute atomic E-state index is 13.8. The van der Waals surface area contributed by atoms with Crippen LogP contribution in [-0.2, 0) is 11.2 Å². The maximum Gasteiger partial charge on any atom is 0.137 e. The van der Waals surface area contributed by atoms with E-state index in [1.165, 1.54) is 6.07 Å². The van der Waals surface area contributed by atoms with E-state index in [0.717, 1.165) is 22.4 Å². The molecule has 0 aliphatic rings. The molecule has 2 aromatic carbocycles. The number of hydrogen-bond donors (Lipinski definition) is 0. The van der Waals surface area contributed by atoms with Gasteiger partial charge in [0.1, 0.15) is 11.6 Å². The molecule has 0 amide bonds. The summed E-state index contributed by atoms with van der Waals surface area (Å²) in [6.45, 7) is 3.86. The van der Waals surface area contributed by atoms with Gasteiger partial charge in [0.25, 0.3) is 0 Å². The lowest BCUT2D eigenvalue weighted by Crippen LogP contribution is -2.08. The van der Waals surface area contributed by atoms with Gasteiger partial charge in [-0.15, -0.1) is 0 Å². The molecular formula is C23H22FNO. The molecule has 132 valence electrons. The Hall–Kier alpha value is -2.81. The predicted octanol–water partition coefficient (Wildman–Crippen LogP) is 5.50. The van der Waals surface area contributed by atoms with Crippen molar-refractivity contribution in [3.63, 3.8) is 0 Å². The fourth-order valence-electron chi connectivity index (χ4n) is 3.17. The number of carbonyl (C=O) groups excluding carboxylic acids is 1. The van der Waals surface area contributed by atoms with E-state index in [1.54, 1.807) is 24.4 Å². The first-order valence-corrected chi connectivity index (χ1v) is 8.81. The summed E-state index contributed by atoms with van der Waals surface area (Å²) in [5, 5.41) is 0. The highest BCUT2D eigenvalue weighted by molar-refractivity contribution is 5.82. The Balaban J connectivity index is 1.64. The molecule has 0 aliphatic carbocycles. The zero-order valence-corrected chi connectivity index (χ0v) is 15.1. The van der Waals surface area contributed by atoms with Crippen molar-refractivity contribution in [2.45, 2.75) is 32.6 Å². The Labute approximate surface area is 153 Å². The lowest BCUT2D eigenvalue weighted by molar-refractivity contribution is -0.118. The highest BCUT2D eigenvalue weighted by Crippen LogP contribution is 2.24. The van der Waals surface area contributed by atoms with Crippen molar-refractivity contribution < 1.29 is 9.18 Å². The summed E-state index contributed by atoms with van der Waals surface area (Å²) in [4.78, 5) is 16.6. The van der Waals surface area contributed by atoms with Crippen molar-refractivity contribution >= 4 is 5.78 Å². The molecule has 0 N–H and O–H groups in total. The Kier molecular flexibility index (Phi) is 5.57. The molecule has 0 saturated heterocycles. The first-order valence-electron chi connectivity index (χ1n) is 8.81. The average Bonchev–Trinajstić information content (AvgIpc) is 2.62. The average molecular weight is 347 g/mol. The summed E-state index contributed by atoms with van der Waals surface area (Å²) in [6.07, 6.45) is 2.51. The number of Topliss-reactive ketones (excluding diaryl/α,β-unsaturated/α-hetero) is 1. The minimum atomic E-state index is -0.246. The van der Waals surface area contributed by atoms with Crippen molar-refractivity contribution in [2.24, 2.45) is 0 Å². The van der Waals surface area contributed by atoms with Gasteiger partial charge in [-0.3, -0.25) is 9.78 Å². The molecule has 0 bridgehead atoms. The summed E-state index contributed by atoms with van der Waals surface area (Å²) >= 11 is 0. The number of benzene rings is 2. The normalized spacial score (nSPS) is 12.0. The van der Waals surface area contributed by atoms with Crippen LogP contribution in [-0.4, -0.2) is 10.8 Å². The van der Waals surface area contributed by atoms with Gasteiger partial charge in [0.2, 0.25) is 0 Å². The number of carbonyl (C=O) groups is 1. The third-order valence-electron chi connectivity index (χ3n) is 4.56. The standard InChI is InChI=1S/C23H22FNO/c1-16(22-5-3-4-6-23(22)24)13-21(26)15-18-7-9-19(10-8-18)20-11-12-25-17(2)14-20/h3-12,14,16H,13,15H2,1-2H3/t16-/m0/s1. The van der Waals surface area contributed by atoms with Crippen molar-refractivity contribution in [2.75, 3.05) is 0 Å². The lowest BCUT2D eigenvalue weighted by atomic mass is 9.93. The molecule has 2 nitrogen and oxygen atoms in total. The van der Waals surface area contributed by atoms with E-state index in [2.05, 4.69) is 4.98 Å². The first-order chi connectivity index (χ1) is 12.5. The number of halogens is 1. The lowest BCUT2D eigenvalue weighted by Gasteiger charge is -2.12. The van der Waals surface area contributed by atoms with Crippen LogP contribution in [0.3, 0.4) is 0 Å². The minimum absolute atomic E-state index is 0.119. The van der Waals surface area contributed by atoms with Gasteiger partial charge >= 0.3 is 0 Å². The molecular weight excluding hydrogens is 325 g/mol. The highest BCUT2D eigenvalue weighted by Gasteiger charge is 2.15. The number of aryl methyl sites for hydroxylation is 1. The molecule has 1 aromatic heterocycles. The molecule has 0 fully saturated rings. The summed E-state index contributed by atoms with van der Waals surface area (Å²) in [7, 11) is 0. The van der Waals surface area contributed by atoms with Crippen molar-refractivity contribution in [3.05, 3.63) is 89.5 Å². The number of rotatable bonds is 6. The van der Waals surface area contributed by atoms with Crippen LogP contribution < -0.4 is 0 Å². The smallest absolute Gasteiger partial charge is 0.137 e. The molecule has 0 unspecified atom stereocenters. The van der Waals surface area contributed by atoms with Gasteiger partial charge in [0.05, 0.1) is 0 Å². The van der Waals surface area contributed by atoms with E-state index in [0.29, 0.717) is 18.4 Å². The minimum Gasteiger partial charge on any atom is -0.299 e. The Morgan fingerprint density at radius 3 is 2.46 bits per heavy atom. The van der Waals surface area contributed by atoms with Gasteiger partial charge in [0, 0.05) is 24.7 Å². The highest BCUT2D eigenvalue weighted by atomic mass is 19.1. The van der Waals surface area contributed by atoms with Crippen LogP contribution in [0.2, 0.25) is 0 Å². The van der Waals surface area contributed by atoms with E-state index < -0.39 is 0 Å². The summed E-state index contributed by atoms with van der Waals surface area (Å²) < 4.78 is 13.8. The number of nitrogens with zero attached hydrogens (tertiary/aromatic N) is 1. The maximum atomic E-state index is 13.8. The first kappa shape index (κ1) is 18.0. The molecule has 1 atom stereocenters. The second kappa shape index (κ2) is 8.05. The molecule has 0 radical (unpaired) electrons. The van der Waals surface area contributed by atoms with Gasteiger partial charge in [-0.25, -0.2) is 4.39 Å². The van der Waals surface area contributed by atoms with Crippen LogP contribution in [0.25, 0.3) is 11.1 Å². The van der Waals surface area contributed by atoms with E-state index >= 15 is 0 Å². The molecule has 3 rings (SSSR count). The molecule has 0 aliphatic heterocycles. The summed E-state index contributed by atoms with van der Waals surface area (Å²) in [6, 6.07) is 18.7. The number of hydrogen-bond acceptors (Lipinski definition) is 2. The molecule has 26 heavy (non-hydrogen) atoms. The second-order valence-electron chi connectivity index (χ2n) is 6.72. The third kappa shape index (κ3) is 4.42. The number of ketones is 1. The molecule has 3 aromatic rings. The second-order valence-corrected chi connectivity index (χ2v) is 6.72. The quantitative estimate of drug-likeness (QED) is 0.589. The Morgan fingerprint density at radius 1 is 1.04 bits per heavy atom. The number of pyridine rings is 1. The molecule has 0 spiro atoms. The summed E-state index contributed by atoms with van der Waals surface area (Å²) in [5.41, 5.74) is 4.77. The molecule has 3 heteroatoms. The van der Waals surface area contributed by atoms with Crippen molar-refractivity contribution in [3.8, 4) is 11.1 Å². The topological polar surface area (TPSA) is 30.0 Å². The molecule has 1 heterocycles. The van der Waals surface area contributed by atoms with Crippen LogP contribution in [0.1, 0.15) is 36.1 Å². The van der Waals surface area contributed by atoms with Gasteiger partial charge in [0.15, 0.2) is 0 Å². The van der Waals surface area contributed by atoms with E-state index in [-0.39, 0.29) is 17.5 Å². The van der Waals surface area contributed by atoms with Gasteiger partial charge in [-0.05, 0) is 53.3 Å². The zero-order valence-electron chi connectivity index (χ0n) is 15.1. The van der Waals surface area contributed by atoms with Crippen LogP contribution >= 0.6 is 0 Å². The van der Waals surface area contributed by atoms with E-state index in [1.807, 2.05) is 50.2 Å². The van der Waals surface area contributed by atoms with Crippen LogP contribution in [0, 0.1) is 12.7 Å². The SMILES string of the molecule is Cc1cc(-c2ccc(CC(=O)C[C@H](C)c3ccccc3F)cc2)ccn1. The van der Waals surface area contributed by atoms with Gasteiger partial charge in [-0.2, -0.15) is 0 Å².